The number of aliphatic imine (C=N–C) groups is 1. The number of piperazine rings is 1. The Balaban J connectivity index is 1.35. The molecule has 1 saturated heterocycles. The highest BCUT2D eigenvalue weighted by Crippen LogP contribution is 2.34. The van der Waals surface area contributed by atoms with Crippen molar-refractivity contribution in [3.63, 3.8) is 0 Å². The lowest BCUT2D eigenvalue weighted by Gasteiger charge is -2.43. The maximum atomic E-state index is 5.27. The average molecular weight is 450 g/mol. The first-order valence-electron chi connectivity index (χ1n) is 12.7. The molecule has 0 saturated carbocycles. The third-order valence-corrected chi connectivity index (χ3v) is 7.66. The van der Waals surface area contributed by atoms with Gasteiger partial charge in [-0.05, 0) is 63.7 Å². The summed E-state index contributed by atoms with van der Waals surface area (Å²) in [5, 5.41) is 3.63. The van der Waals surface area contributed by atoms with Crippen LogP contribution >= 0.6 is 0 Å². The van der Waals surface area contributed by atoms with Crippen molar-refractivity contribution >= 4 is 5.84 Å². The van der Waals surface area contributed by atoms with Crippen LogP contribution in [0.5, 0.6) is 0 Å². The monoisotopic (exact) mass is 449 g/mol. The van der Waals surface area contributed by atoms with Gasteiger partial charge in [-0.1, -0.05) is 19.1 Å². The summed E-state index contributed by atoms with van der Waals surface area (Å²) < 4.78 is 0. The lowest BCUT2D eigenvalue weighted by molar-refractivity contribution is 0.139. The van der Waals surface area contributed by atoms with Crippen LogP contribution in [0.25, 0.3) is 0 Å². The number of fused-ring (bicyclic) bond motifs is 2. The minimum atomic E-state index is 0.233. The topological polar surface area (TPSA) is 50.2 Å². The second kappa shape index (κ2) is 9.95. The van der Waals surface area contributed by atoms with Gasteiger partial charge in [0.1, 0.15) is 11.7 Å². The number of hydrogen-bond acceptors (Lipinski definition) is 7. The first kappa shape index (κ1) is 22.6. The van der Waals surface area contributed by atoms with Gasteiger partial charge in [-0.2, -0.15) is 0 Å². The lowest BCUT2D eigenvalue weighted by Crippen LogP contribution is -2.54. The maximum Gasteiger partial charge on any atom is 0.129 e. The highest BCUT2D eigenvalue weighted by atomic mass is 15.4. The van der Waals surface area contributed by atoms with Gasteiger partial charge in [0.2, 0.25) is 0 Å². The normalized spacial score (nSPS) is 27.5. The minimum absolute atomic E-state index is 0.233. The van der Waals surface area contributed by atoms with Gasteiger partial charge >= 0.3 is 0 Å². The van der Waals surface area contributed by atoms with Gasteiger partial charge in [-0.3, -0.25) is 14.9 Å². The van der Waals surface area contributed by atoms with Crippen molar-refractivity contribution in [2.45, 2.75) is 44.3 Å². The quantitative estimate of drug-likeness (QED) is 0.688. The molecule has 1 aromatic heterocycles. The molecule has 1 aromatic rings. The molecule has 0 aromatic carbocycles. The van der Waals surface area contributed by atoms with Crippen molar-refractivity contribution in [3.05, 3.63) is 53.6 Å². The summed E-state index contributed by atoms with van der Waals surface area (Å²) in [6.07, 6.45) is 12.2. The molecule has 1 N–H and O–H groups in total. The van der Waals surface area contributed by atoms with Gasteiger partial charge in [-0.15, -0.1) is 0 Å². The van der Waals surface area contributed by atoms with E-state index in [0.717, 1.165) is 58.1 Å². The molecule has 4 aliphatic rings. The molecule has 178 valence electrons. The van der Waals surface area contributed by atoms with E-state index in [1.165, 1.54) is 29.9 Å². The van der Waals surface area contributed by atoms with E-state index in [-0.39, 0.29) is 6.04 Å². The van der Waals surface area contributed by atoms with Crippen molar-refractivity contribution < 1.29 is 0 Å². The molecule has 0 bridgehead atoms. The van der Waals surface area contributed by atoms with Gasteiger partial charge in [0.05, 0.1) is 23.8 Å². The van der Waals surface area contributed by atoms with Crippen LogP contribution in [-0.4, -0.2) is 102 Å². The highest BCUT2D eigenvalue weighted by molar-refractivity contribution is 5.97. The number of rotatable bonds is 7. The Bertz CT molecular complexity index is 915. The van der Waals surface area contributed by atoms with Crippen molar-refractivity contribution in [2.24, 2.45) is 4.99 Å². The van der Waals surface area contributed by atoms with Gasteiger partial charge in [0, 0.05) is 45.5 Å². The van der Waals surface area contributed by atoms with Crippen molar-refractivity contribution in [2.75, 3.05) is 59.9 Å². The Morgan fingerprint density at radius 1 is 1.21 bits per heavy atom. The molecule has 0 amide bonds. The Kier molecular flexibility index (Phi) is 6.81. The molecule has 3 atom stereocenters. The van der Waals surface area contributed by atoms with E-state index in [9.17, 15) is 0 Å². The Morgan fingerprint density at radius 3 is 2.88 bits per heavy atom. The number of amidine groups is 1. The molecule has 5 rings (SSSR count). The molecular weight excluding hydrogens is 410 g/mol. The zero-order valence-electron chi connectivity index (χ0n) is 20.5. The maximum absolute atomic E-state index is 5.27. The molecule has 33 heavy (non-hydrogen) atoms. The number of nitrogens with one attached hydrogen (secondary N) is 1. The van der Waals surface area contributed by atoms with Gasteiger partial charge in [-0.25, -0.2) is 0 Å². The van der Waals surface area contributed by atoms with Crippen LogP contribution in [0.3, 0.4) is 0 Å². The number of aromatic nitrogens is 1. The van der Waals surface area contributed by atoms with Gasteiger partial charge in [0.25, 0.3) is 0 Å². The number of likely N-dealkylation sites (N-methyl/N-ethyl adjacent to an activating group) is 3. The number of hydrogen-bond donors (Lipinski definition) is 1. The zero-order chi connectivity index (χ0) is 22.8. The minimum Gasteiger partial charge on any atom is -0.355 e. The van der Waals surface area contributed by atoms with Crippen LogP contribution in [0.15, 0.2) is 47.4 Å². The van der Waals surface area contributed by atoms with Crippen molar-refractivity contribution in [1.82, 2.24) is 29.9 Å². The second-order valence-corrected chi connectivity index (χ2v) is 9.87. The number of pyridine rings is 1. The van der Waals surface area contributed by atoms with Crippen LogP contribution in [0.2, 0.25) is 0 Å². The fourth-order valence-electron chi connectivity index (χ4n) is 5.78. The first-order valence-corrected chi connectivity index (χ1v) is 12.7. The van der Waals surface area contributed by atoms with Gasteiger partial charge < -0.3 is 20.0 Å². The van der Waals surface area contributed by atoms with Crippen LogP contribution in [0.1, 0.15) is 37.1 Å². The number of nitrogens with zero attached hydrogens (tertiary/aromatic N) is 6. The van der Waals surface area contributed by atoms with E-state index in [4.69, 9.17) is 9.98 Å². The molecule has 4 heterocycles. The molecule has 1 aliphatic carbocycles. The molecule has 3 aliphatic heterocycles. The van der Waals surface area contributed by atoms with E-state index >= 15 is 0 Å². The first-order chi connectivity index (χ1) is 16.2. The van der Waals surface area contributed by atoms with Crippen LogP contribution in [0.4, 0.5) is 0 Å². The largest absolute Gasteiger partial charge is 0.355 e. The summed E-state index contributed by atoms with van der Waals surface area (Å²) in [7, 11) is 4.48. The zero-order valence-corrected chi connectivity index (χ0v) is 20.5. The summed E-state index contributed by atoms with van der Waals surface area (Å²) >= 11 is 0. The van der Waals surface area contributed by atoms with E-state index in [1.807, 2.05) is 6.20 Å². The summed E-state index contributed by atoms with van der Waals surface area (Å²) in [5.74, 6) is 2.44. The van der Waals surface area contributed by atoms with Gasteiger partial charge in [0.15, 0.2) is 0 Å². The summed E-state index contributed by atoms with van der Waals surface area (Å²) in [6.45, 7) is 9.42. The van der Waals surface area contributed by atoms with Crippen molar-refractivity contribution in [1.29, 1.82) is 0 Å². The molecule has 0 radical (unpaired) electrons. The van der Waals surface area contributed by atoms with E-state index in [0.29, 0.717) is 12.1 Å². The Labute approximate surface area is 198 Å². The SMILES string of the molecule is CCNCC1C(CN(C)[C@H]2CCCc3cccnc32)N=C2C=CC=C(N3CCN(C)CC3)N21. The molecule has 7 nitrogen and oxygen atoms in total. The lowest BCUT2D eigenvalue weighted by atomic mass is 9.90. The molecule has 1 fully saturated rings. The Hall–Kier alpha value is -2.22. The van der Waals surface area contributed by atoms with Crippen LogP contribution in [-0.2, 0) is 6.42 Å². The third kappa shape index (κ3) is 4.59. The average Bonchev–Trinajstić information content (AvgIpc) is 3.19. The fourth-order valence-corrected chi connectivity index (χ4v) is 5.78. The van der Waals surface area contributed by atoms with E-state index in [2.05, 4.69) is 76.3 Å². The van der Waals surface area contributed by atoms with Crippen molar-refractivity contribution in [3.8, 4) is 0 Å². The van der Waals surface area contributed by atoms with E-state index < -0.39 is 0 Å². The third-order valence-electron chi connectivity index (χ3n) is 7.66. The van der Waals surface area contributed by atoms with Crippen LogP contribution < -0.4 is 5.32 Å². The molecule has 2 unspecified atom stereocenters. The predicted octanol–water partition coefficient (Wildman–Crippen LogP) is 2.11. The second-order valence-electron chi connectivity index (χ2n) is 9.87. The highest BCUT2D eigenvalue weighted by Gasteiger charge is 2.41. The predicted molar refractivity (Wildman–Crippen MR) is 134 cm³/mol. The van der Waals surface area contributed by atoms with Crippen LogP contribution in [0, 0.1) is 0 Å². The fraction of sp³-hybridized carbons (Fsp3) is 0.615. The summed E-state index contributed by atoms with van der Waals surface area (Å²) in [4.78, 5) is 20.0. The summed E-state index contributed by atoms with van der Waals surface area (Å²) in [5.41, 5.74) is 2.69. The molecule has 0 spiro atoms. The number of allylic oxidation sites excluding steroid dienone is 2. The summed E-state index contributed by atoms with van der Waals surface area (Å²) in [6, 6.07) is 5.27. The standard InChI is InChI=1S/C26H39N7/c1-4-27-18-23-21(19-31(3)22-10-5-8-20-9-7-13-28-26(20)22)29-24-11-6-12-25(33(23)24)32-16-14-30(2)15-17-32/h6-7,9,11-13,21-23,27H,4-5,8,10,14-19H2,1-3H3/t21?,22-,23?/m0/s1. The Morgan fingerprint density at radius 2 is 2.06 bits per heavy atom. The smallest absolute Gasteiger partial charge is 0.129 e. The molecular formula is C26H39N7. The molecule has 7 heteroatoms. The number of aryl methyl sites for hydroxylation is 1. The van der Waals surface area contributed by atoms with E-state index in [1.54, 1.807) is 0 Å².